The highest BCUT2D eigenvalue weighted by Crippen LogP contribution is 2.12. The predicted molar refractivity (Wildman–Crippen MR) is 71.4 cm³/mol. The third-order valence-electron chi connectivity index (χ3n) is 2.31. The van der Waals surface area contributed by atoms with Crippen molar-refractivity contribution in [2.24, 2.45) is 0 Å². The second-order valence-corrected chi connectivity index (χ2v) is 5.66. The number of anilines is 1. The molecule has 0 aliphatic heterocycles. The fourth-order valence-electron chi connectivity index (χ4n) is 1.39. The fourth-order valence-corrected chi connectivity index (χ4v) is 2.55. The first-order chi connectivity index (χ1) is 8.57. The highest BCUT2D eigenvalue weighted by Gasteiger charge is 2.10. The average molecular weight is 273 g/mol. The lowest BCUT2D eigenvalue weighted by Gasteiger charge is -2.08. The van der Waals surface area contributed by atoms with Crippen LogP contribution in [0.15, 0.2) is 18.3 Å². The average Bonchev–Trinajstić information content (AvgIpc) is 2.35. The van der Waals surface area contributed by atoms with Crippen LogP contribution in [-0.4, -0.2) is 39.9 Å². The quantitative estimate of drug-likeness (QED) is 0.686. The molecule has 0 saturated heterocycles. The predicted octanol–water partition coefficient (Wildman–Crippen LogP) is 0.831. The van der Waals surface area contributed by atoms with Crippen molar-refractivity contribution in [3.63, 3.8) is 0 Å². The zero-order chi connectivity index (χ0) is 13.4. The van der Waals surface area contributed by atoms with Crippen molar-refractivity contribution in [2.45, 2.75) is 12.8 Å². The van der Waals surface area contributed by atoms with E-state index in [9.17, 15) is 8.42 Å². The molecule has 1 rings (SSSR count). The van der Waals surface area contributed by atoms with E-state index in [1.165, 1.54) is 13.3 Å². The zero-order valence-electron chi connectivity index (χ0n) is 10.6. The molecule has 1 aromatic rings. The molecule has 0 atom stereocenters. The van der Waals surface area contributed by atoms with Crippen LogP contribution in [0, 0.1) is 0 Å². The van der Waals surface area contributed by atoms with Gasteiger partial charge in [-0.1, -0.05) is 0 Å². The van der Waals surface area contributed by atoms with Gasteiger partial charge < -0.3 is 10.1 Å². The van der Waals surface area contributed by atoms with Crippen molar-refractivity contribution < 1.29 is 13.2 Å². The molecule has 6 nitrogen and oxygen atoms in total. The summed E-state index contributed by atoms with van der Waals surface area (Å²) >= 11 is 0. The first-order valence-corrected chi connectivity index (χ1v) is 7.38. The minimum Gasteiger partial charge on any atom is -0.481 e. The molecule has 102 valence electrons. The molecule has 0 aliphatic carbocycles. The maximum Gasteiger partial charge on any atom is 0.232 e. The van der Waals surface area contributed by atoms with Gasteiger partial charge in [-0.2, -0.15) is 0 Å². The Morgan fingerprint density at radius 2 is 2.11 bits per heavy atom. The monoisotopic (exact) mass is 273 g/mol. The van der Waals surface area contributed by atoms with E-state index in [1.54, 1.807) is 12.1 Å². The van der Waals surface area contributed by atoms with Crippen LogP contribution in [0.4, 0.5) is 5.69 Å². The Balaban J connectivity index is 2.48. The van der Waals surface area contributed by atoms with Gasteiger partial charge in [0.15, 0.2) is 0 Å². The minimum absolute atomic E-state index is 0.112. The first-order valence-electron chi connectivity index (χ1n) is 5.72. The molecule has 1 heterocycles. The van der Waals surface area contributed by atoms with Crippen molar-refractivity contribution in [1.29, 1.82) is 0 Å². The Labute approximate surface area is 108 Å². The molecule has 0 saturated carbocycles. The summed E-state index contributed by atoms with van der Waals surface area (Å²) in [6.07, 6.45) is 2.89. The number of methoxy groups -OCH3 is 1. The maximum atomic E-state index is 11.7. The van der Waals surface area contributed by atoms with Gasteiger partial charge >= 0.3 is 0 Å². The Morgan fingerprint density at radius 1 is 1.33 bits per heavy atom. The molecule has 0 bridgehead atoms. The summed E-state index contributed by atoms with van der Waals surface area (Å²) in [5.74, 6) is 0.563. The molecule has 7 heteroatoms. The van der Waals surface area contributed by atoms with Gasteiger partial charge in [0.1, 0.15) is 0 Å². The Kier molecular flexibility index (Phi) is 5.87. The molecule has 0 spiro atoms. The molecule has 18 heavy (non-hydrogen) atoms. The topological polar surface area (TPSA) is 80.3 Å². The van der Waals surface area contributed by atoms with Crippen LogP contribution in [0.1, 0.15) is 12.8 Å². The summed E-state index contributed by atoms with van der Waals surface area (Å²) in [4.78, 5) is 3.93. The highest BCUT2D eigenvalue weighted by atomic mass is 32.2. The summed E-state index contributed by atoms with van der Waals surface area (Å²) < 4.78 is 30.8. The fraction of sp³-hybridized carbons (Fsp3) is 0.545. The molecular formula is C11H19N3O3S. The van der Waals surface area contributed by atoms with E-state index in [-0.39, 0.29) is 5.75 Å². The molecule has 0 unspecified atom stereocenters. The SMILES string of the molecule is CNCCCCS(=O)(=O)Nc1ccc(OC)nc1. The number of sulfonamides is 1. The lowest BCUT2D eigenvalue weighted by atomic mass is 10.3. The molecule has 1 aromatic heterocycles. The van der Waals surface area contributed by atoms with E-state index < -0.39 is 10.0 Å². The standard InChI is InChI=1S/C11H19N3O3S/c1-12-7-3-4-8-18(15,16)14-10-5-6-11(17-2)13-9-10/h5-6,9,12,14H,3-4,7-8H2,1-2H3. The van der Waals surface area contributed by atoms with Crippen LogP contribution >= 0.6 is 0 Å². The van der Waals surface area contributed by atoms with Crippen LogP contribution in [0.25, 0.3) is 0 Å². The molecular weight excluding hydrogens is 254 g/mol. The lowest BCUT2D eigenvalue weighted by molar-refractivity contribution is 0.398. The van der Waals surface area contributed by atoms with Gasteiger partial charge in [-0.15, -0.1) is 0 Å². The second-order valence-electron chi connectivity index (χ2n) is 3.82. The Hall–Kier alpha value is -1.34. The number of rotatable bonds is 8. The summed E-state index contributed by atoms with van der Waals surface area (Å²) in [5, 5.41) is 2.98. The van der Waals surface area contributed by atoms with E-state index >= 15 is 0 Å². The van der Waals surface area contributed by atoms with Crippen LogP contribution in [0.2, 0.25) is 0 Å². The van der Waals surface area contributed by atoms with E-state index in [2.05, 4.69) is 15.0 Å². The van der Waals surface area contributed by atoms with Crippen molar-refractivity contribution in [3.8, 4) is 5.88 Å². The Bertz CT molecular complexity index is 445. The van der Waals surface area contributed by atoms with Gasteiger partial charge in [0, 0.05) is 6.07 Å². The third kappa shape index (κ3) is 5.33. The summed E-state index contributed by atoms with van der Waals surface area (Å²) in [6.45, 7) is 0.819. The van der Waals surface area contributed by atoms with Crippen LogP contribution in [0.5, 0.6) is 5.88 Å². The second kappa shape index (κ2) is 7.17. The summed E-state index contributed by atoms with van der Waals surface area (Å²) in [7, 11) is 0.0577. The van der Waals surface area contributed by atoms with E-state index in [1.807, 2.05) is 7.05 Å². The first kappa shape index (κ1) is 14.7. The number of unbranched alkanes of at least 4 members (excludes halogenated alkanes) is 1. The van der Waals surface area contributed by atoms with Crippen LogP contribution < -0.4 is 14.8 Å². The van der Waals surface area contributed by atoms with Crippen molar-refractivity contribution in [1.82, 2.24) is 10.3 Å². The van der Waals surface area contributed by atoms with E-state index in [4.69, 9.17) is 4.74 Å². The number of hydrogen-bond acceptors (Lipinski definition) is 5. The number of aromatic nitrogens is 1. The van der Waals surface area contributed by atoms with E-state index in [0.717, 1.165) is 13.0 Å². The lowest BCUT2D eigenvalue weighted by Crippen LogP contribution is -2.18. The van der Waals surface area contributed by atoms with Crippen molar-refractivity contribution >= 4 is 15.7 Å². The largest absolute Gasteiger partial charge is 0.481 e. The smallest absolute Gasteiger partial charge is 0.232 e. The van der Waals surface area contributed by atoms with Crippen LogP contribution in [-0.2, 0) is 10.0 Å². The summed E-state index contributed by atoms with van der Waals surface area (Å²) in [6, 6.07) is 3.23. The molecule has 0 radical (unpaired) electrons. The maximum absolute atomic E-state index is 11.7. The highest BCUT2D eigenvalue weighted by molar-refractivity contribution is 7.92. The summed E-state index contributed by atoms with van der Waals surface area (Å²) in [5.41, 5.74) is 0.449. The molecule has 0 fully saturated rings. The molecule has 0 aliphatic rings. The van der Waals surface area contributed by atoms with Gasteiger partial charge in [0.05, 0.1) is 24.7 Å². The van der Waals surface area contributed by atoms with Crippen LogP contribution in [0.3, 0.4) is 0 Å². The van der Waals surface area contributed by atoms with Gasteiger partial charge in [-0.05, 0) is 32.5 Å². The minimum atomic E-state index is -3.29. The molecule has 0 amide bonds. The normalized spacial score (nSPS) is 11.2. The van der Waals surface area contributed by atoms with Gasteiger partial charge in [0.25, 0.3) is 0 Å². The molecule has 2 N–H and O–H groups in total. The Morgan fingerprint density at radius 3 is 2.67 bits per heavy atom. The van der Waals surface area contributed by atoms with E-state index in [0.29, 0.717) is 18.0 Å². The van der Waals surface area contributed by atoms with Crippen molar-refractivity contribution in [2.75, 3.05) is 31.2 Å². The number of hydrogen-bond donors (Lipinski definition) is 2. The third-order valence-corrected chi connectivity index (χ3v) is 3.68. The van der Waals surface area contributed by atoms with Crippen molar-refractivity contribution in [3.05, 3.63) is 18.3 Å². The number of nitrogens with one attached hydrogen (secondary N) is 2. The zero-order valence-corrected chi connectivity index (χ0v) is 11.5. The van der Waals surface area contributed by atoms with Gasteiger partial charge in [-0.3, -0.25) is 4.72 Å². The number of nitrogens with zero attached hydrogens (tertiary/aromatic N) is 1. The molecule has 0 aromatic carbocycles. The van der Waals surface area contributed by atoms with Gasteiger partial charge in [-0.25, -0.2) is 13.4 Å². The number of pyridine rings is 1. The number of ether oxygens (including phenoxy) is 1. The van der Waals surface area contributed by atoms with Gasteiger partial charge in [0.2, 0.25) is 15.9 Å².